The third kappa shape index (κ3) is 3.05. The van der Waals surface area contributed by atoms with Crippen LogP contribution in [-0.4, -0.2) is 57.8 Å². The van der Waals surface area contributed by atoms with Crippen molar-refractivity contribution in [2.24, 2.45) is 0 Å². The number of ether oxygens (including phenoxy) is 3. The maximum atomic E-state index is 12.7. The summed E-state index contributed by atoms with van der Waals surface area (Å²) in [6, 6.07) is 3.73. The first-order valence-corrected chi connectivity index (χ1v) is 6.94. The van der Waals surface area contributed by atoms with Crippen LogP contribution >= 0.6 is 0 Å². The van der Waals surface area contributed by atoms with Gasteiger partial charge >= 0.3 is 0 Å². The molecule has 0 spiro atoms. The van der Waals surface area contributed by atoms with Crippen molar-refractivity contribution < 1.29 is 19.0 Å². The van der Waals surface area contributed by atoms with E-state index in [1.54, 1.807) is 19.2 Å². The summed E-state index contributed by atoms with van der Waals surface area (Å²) in [5, 5.41) is 3.32. The lowest BCUT2D eigenvalue weighted by molar-refractivity contribution is 0.0705. The Morgan fingerprint density at radius 1 is 1.19 bits per heavy atom. The minimum atomic E-state index is -0.0545. The van der Waals surface area contributed by atoms with Crippen molar-refractivity contribution in [3.63, 3.8) is 0 Å². The molecule has 1 atom stereocenters. The summed E-state index contributed by atoms with van der Waals surface area (Å²) in [5.41, 5.74) is 0.490. The van der Waals surface area contributed by atoms with E-state index in [0.29, 0.717) is 35.9 Å². The molecular weight excluding hydrogens is 272 g/mol. The van der Waals surface area contributed by atoms with Crippen LogP contribution in [0.25, 0.3) is 0 Å². The maximum Gasteiger partial charge on any atom is 0.257 e. The number of hydrogen-bond acceptors (Lipinski definition) is 5. The van der Waals surface area contributed by atoms with Crippen LogP contribution in [0.5, 0.6) is 17.2 Å². The molecule has 1 fully saturated rings. The van der Waals surface area contributed by atoms with Crippen LogP contribution in [0.4, 0.5) is 0 Å². The van der Waals surface area contributed by atoms with Gasteiger partial charge in [0.1, 0.15) is 0 Å². The summed E-state index contributed by atoms with van der Waals surface area (Å²) >= 11 is 0. The number of carbonyl (C=O) groups excluding carboxylic acids is 1. The number of amides is 1. The molecule has 116 valence electrons. The minimum Gasteiger partial charge on any atom is -0.493 e. The Morgan fingerprint density at radius 3 is 2.48 bits per heavy atom. The molecule has 1 heterocycles. The molecule has 1 N–H and O–H groups in total. The second kappa shape index (κ2) is 6.67. The highest BCUT2D eigenvalue weighted by Gasteiger charge is 2.27. The highest BCUT2D eigenvalue weighted by molar-refractivity contribution is 5.98. The van der Waals surface area contributed by atoms with E-state index < -0.39 is 0 Å². The van der Waals surface area contributed by atoms with E-state index in [2.05, 4.69) is 12.2 Å². The number of methoxy groups -OCH3 is 3. The molecule has 0 saturated carbocycles. The molecule has 0 aromatic heterocycles. The summed E-state index contributed by atoms with van der Waals surface area (Å²) in [4.78, 5) is 14.5. The van der Waals surface area contributed by atoms with Crippen molar-refractivity contribution in [1.82, 2.24) is 10.2 Å². The Hall–Kier alpha value is -1.95. The Morgan fingerprint density at radius 2 is 1.90 bits per heavy atom. The van der Waals surface area contributed by atoms with Crippen LogP contribution in [0.1, 0.15) is 17.3 Å². The first-order chi connectivity index (χ1) is 10.1. The van der Waals surface area contributed by atoms with Gasteiger partial charge in [-0.3, -0.25) is 4.79 Å². The molecule has 1 saturated heterocycles. The number of carbonyl (C=O) groups is 1. The zero-order valence-electron chi connectivity index (χ0n) is 12.9. The Labute approximate surface area is 125 Å². The van der Waals surface area contributed by atoms with E-state index in [1.165, 1.54) is 14.2 Å². The average Bonchev–Trinajstić information content (AvgIpc) is 2.52. The lowest BCUT2D eigenvalue weighted by Crippen LogP contribution is -2.51. The van der Waals surface area contributed by atoms with Gasteiger partial charge in [-0.2, -0.15) is 0 Å². The molecule has 21 heavy (non-hydrogen) atoms. The molecule has 1 aromatic rings. The van der Waals surface area contributed by atoms with Crippen molar-refractivity contribution >= 4 is 5.91 Å². The van der Waals surface area contributed by atoms with Crippen molar-refractivity contribution in [1.29, 1.82) is 0 Å². The smallest absolute Gasteiger partial charge is 0.257 e. The van der Waals surface area contributed by atoms with Gasteiger partial charge in [0.15, 0.2) is 11.5 Å². The van der Waals surface area contributed by atoms with E-state index >= 15 is 0 Å². The van der Waals surface area contributed by atoms with Crippen LogP contribution in [0.3, 0.4) is 0 Å². The van der Waals surface area contributed by atoms with Gasteiger partial charge < -0.3 is 24.4 Å². The Kier molecular flexibility index (Phi) is 4.90. The lowest BCUT2D eigenvalue weighted by atomic mass is 10.1. The van der Waals surface area contributed by atoms with E-state index in [-0.39, 0.29) is 11.9 Å². The fourth-order valence-corrected chi connectivity index (χ4v) is 2.56. The van der Waals surface area contributed by atoms with Crippen LogP contribution < -0.4 is 19.5 Å². The van der Waals surface area contributed by atoms with Gasteiger partial charge in [-0.25, -0.2) is 0 Å². The molecule has 1 amide bonds. The number of nitrogens with zero attached hydrogens (tertiary/aromatic N) is 1. The minimum absolute atomic E-state index is 0.0545. The first-order valence-electron chi connectivity index (χ1n) is 6.94. The van der Waals surface area contributed by atoms with Crippen LogP contribution in [0, 0.1) is 0 Å². The average molecular weight is 294 g/mol. The number of rotatable bonds is 4. The number of benzene rings is 1. The van der Waals surface area contributed by atoms with Gasteiger partial charge in [0.2, 0.25) is 5.75 Å². The van der Waals surface area contributed by atoms with Crippen LogP contribution in [-0.2, 0) is 0 Å². The van der Waals surface area contributed by atoms with Gasteiger partial charge in [0.25, 0.3) is 5.91 Å². The summed E-state index contributed by atoms with van der Waals surface area (Å²) in [6.07, 6.45) is 0. The standard InChI is InChI=1S/C15H22N2O4/c1-10-9-17(8-7-16-10)15(18)11-5-6-12(19-2)14(21-4)13(11)20-3/h5-6,10,16H,7-9H2,1-4H3/t10-/m0/s1. The van der Waals surface area contributed by atoms with Gasteiger partial charge in [-0.1, -0.05) is 0 Å². The third-order valence-electron chi connectivity index (χ3n) is 3.59. The monoisotopic (exact) mass is 294 g/mol. The second-order valence-electron chi connectivity index (χ2n) is 4.99. The molecule has 2 rings (SSSR count). The topological polar surface area (TPSA) is 60.0 Å². The zero-order chi connectivity index (χ0) is 15.4. The second-order valence-corrected chi connectivity index (χ2v) is 4.99. The van der Waals surface area contributed by atoms with Gasteiger partial charge in [0.05, 0.1) is 26.9 Å². The van der Waals surface area contributed by atoms with Gasteiger partial charge in [-0.15, -0.1) is 0 Å². The summed E-state index contributed by atoms with van der Waals surface area (Å²) in [5.74, 6) is 1.34. The van der Waals surface area contributed by atoms with E-state index in [9.17, 15) is 4.79 Å². The lowest BCUT2D eigenvalue weighted by Gasteiger charge is -2.32. The summed E-state index contributed by atoms with van der Waals surface area (Å²) in [7, 11) is 4.60. The van der Waals surface area contributed by atoms with E-state index in [0.717, 1.165) is 6.54 Å². The largest absolute Gasteiger partial charge is 0.493 e. The normalized spacial score (nSPS) is 18.3. The van der Waals surface area contributed by atoms with E-state index in [1.807, 2.05) is 4.90 Å². The van der Waals surface area contributed by atoms with Crippen LogP contribution in [0.2, 0.25) is 0 Å². The Balaban J connectivity index is 2.36. The number of piperazine rings is 1. The summed E-state index contributed by atoms with van der Waals surface area (Å²) in [6.45, 7) is 4.21. The fraction of sp³-hybridized carbons (Fsp3) is 0.533. The van der Waals surface area contributed by atoms with Crippen molar-refractivity contribution in [2.45, 2.75) is 13.0 Å². The molecular formula is C15H22N2O4. The molecule has 1 aliphatic rings. The predicted molar refractivity (Wildman–Crippen MR) is 79.5 cm³/mol. The van der Waals surface area contributed by atoms with E-state index in [4.69, 9.17) is 14.2 Å². The fourth-order valence-electron chi connectivity index (χ4n) is 2.56. The molecule has 1 aromatic carbocycles. The molecule has 6 heteroatoms. The van der Waals surface area contributed by atoms with Crippen molar-refractivity contribution in [3.05, 3.63) is 17.7 Å². The SMILES string of the molecule is COc1ccc(C(=O)N2CCN[C@@H](C)C2)c(OC)c1OC. The molecule has 0 unspecified atom stereocenters. The highest BCUT2D eigenvalue weighted by Crippen LogP contribution is 2.40. The number of nitrogens with one attached hydrogen (secondary N) is 1. The predicted octanol–water partition coefficient (Wildman–Crippen LogP) is 1.15. The zero-order valence-corrected chi connectivity index (χ0v) is 12.9. The maximum absolute atomic E-state index is 12.7. The summed E-state index contributed by atoms with van der Waals surface area (Å²) < 4.78 is 15.9. The molecule has 1 aliphatic heterocycles. The Bertz CT molecular complexity index is 519. The molecule has 0 radical (unpaired) electrons. The molecule has 0 bridgehead atoms. The number of hydrogen-bond donors (Lipinski definition) is 1. The third-order valence-corrected chi connectivity index (χ3v) is 3.59. The molecule has 0 aliphatic carbocycles. The quantitative estimate of drug-likeness (QED) is 0.902. The van der Waals surface area contributed by atoms with Crippen LogP contribution in [0.15, 0.2) is 12.1 Å². The van der Waals surface area contributed by atoms with Crippen molar-refractivity contribution in [3.8, 4) is 17.2 Å². The van der Waals surface area contributed by atoms with Crippen molar-refractivity contribution in [2.75, 3.05) is 41.0 Å². The molecule has 6 nitrogen and oxygen atoms in total. The van der Waals surface area contributed by atoms with Gasteiger partial charge in [0, 0.05) is 25.7 Å². The van der Waals surface area contributed by atoms with Gasteiger partial charge in [-0.05, 0) is 19.1 Å². The highest BCUT2D eigenvalue weighted by atomic mass is 16.5. The first kappa shape index (κ1) is 15.4.